The molecule has 0 heterocycles. The lowest BCUT2D eigenvalue weighted by atomic mass is 9.61. The van der Waals surface area contributed by atoms with Gasteiger partial charge in [-0.2, -0.15) is 0 Å². The van der Waals surface area contributed by atoms with Gasteiger partial charge >= 0.3 is 0 Å². The number of amides is 1. The summed E-state index contributed by atoms with van der Waals surface area (Å²) in [7, 11) is 0. The van der Waals surface area contributed by atoms with Gasteiger partial charge in [-0.1, -0.05) is 17.7 Å². The Morgan fingerprint density at radius 2 is 1.67 bits per heavy atom. The standard InChI is InChI=1S/C19H25NO/c1-13-2-4-17(5-3-13)20-18(21)19-7-6-14-8-15(11-19)10-16(9-14)12-19/h2-5,14-16H,6-12H2,1H3,(H,20,21). The first-order valence-corrected chi connectivity index (χ1v) is 8.51. The predicted molar refractivity (Wildman–Crippen MR) is 85.0 cm³/mol. The molecule has 4 aliphatic rings. The molecule has 21 heavy (non-hydrogen) atoms. The van der Waals surface area contributed by atoms with Crippen LogP contribution in [0.25, 0.3) is 0 Å². The number of carbonyl (C=O) groups excluding carboxylic acids is 1. The lowest BCUT2D eigenvalue weighted by Crippen LogP contribution is -2.42. The summed E-state index contributed by atoms with van der Waals surface area (Å²) in [6.07, 6.45) is 8.81. The van der Waals surface area contributed by atoms with Crippen LogP contribution in [0.4, 0.5) is 5.69 Å². The lowest BCUT2D eigenvalue weighted by Gasteiger charge is -2.44. The van der Waals surface area contributed by atoms with Gasteiger partial charge in [-0.25, -0.2) is 0 Å². The van der Waals surface area contributed by atoms with E-state index in [1.165, 1.54) is 31.2 Å². The van der Waals surface area contributed by atoms with E-state index in [1.54, 1.807) is 0 Å². The second-order valence-corrected chi connectivity index (χ2v) is 7.85. The van der Waals surface area contributed by atoms with Crippen molar-refractivity contribution in [2.24, 2.45) is 23.2 Å². The van der Waals surface area contributed by atoms with Crippen LogP contribution in [0.3, 0.4) is 0 Å². The average Bonchev–Trinajstić information content (AvgIpc) is 2.67. The summed E-state index contributed by atoms with van der Waals surface area (Å²) in [5, 5.41) is 3.21. The molecule has 0 aromatic heterocycles. The molecular formula is C19H25NO. The van der Waals surface area contributed by atoms with Crippen molar-refractivity contribution in [3.63, 3.8) is 0 Å². The van der Waals surface area contributed by atoms with Gasteiger partial charge in [-0.3, -0.25) is 4.79 Å². The van der Waals surface area contributed by atoms with Crippen molar-refractivity contribution in [1.29, 1.82) is 0 Å². The minimum atomic E-state index is -0.0658. The second-order valence-electron chi connectivity index (χ2n) is 7.85. The van der Waals surface area contributed by atoms with Crippen LogP contribution in [0.5, 0.6) is 0 Å². The first-order valence-electron chi connectivity index (χ1n) is 8.51. The van der Waals surface area contributed by atoms with Crippen LogP contribution in [0, 0.1) is 30.1 Å². The molecule has 1 amide bonds. The zero-order valence-corrected chi connectivity index (χ0v) is 12.9. The normalized spacial score (nSPS) is 37.3. The van der Waals surface area contributed by atoms with E-state index >= 15 is 0 Å². The molecule has 2 unspecified atom stereocenters. The van der Waals surface area contributed by atoms with Gasteiger partial charge in [0, 0.05) is 5.69 Å². The van der Waals surface area contributed by atoms with E-state index in [2.05, 4.69) is 24.4 Å². The zero-order valence-electron chi connectivity index (χ0n) is 12.9. The van der Waals surface area contributed by atoms with Crippen molar-refractivity contribution in [3.8, 4) is 0 Å². The summed E-state index contributed by atoms with van der Waals surface area (Å²) < 4.78 is 0. The van der Waals surface area contributed by atoms with Gasteiger partial charge in [0.05, 0.1) is 5.41 Å². The molecule has 0 radical (unpaired) electrons. The molecule has 4 aliphatic carbocycles. The highest BCUT2D eigenvalue weighted by Crippen LogP contribution is 2.57. The van der Waals surface area contributed by atoms with Crippen LogP contribution in [-0.4, -0.2) is 5.91 Å². The number of hydrogen-bond donors (Lipinski definition) is 1. The van der Waals surface area contributed by atoms with Gasteiger partial charge in [0.1, 0.15) is 0 Å². The Morgan fingerprint density at radius 3 is 2.33 bits per heavy atom. The van der Waals surface area contributed by atoms with Crippen molar-refractivity contribution in [2.75, 3.05) is 5.32 Å². The molecule has 2 nitrogen and oxygen atoms in total. The fraction of sp³-hybridized carbons (Fsp3) is 0.632. The maximum absolute atomic E-state index is 13.0. The van der Waals surface area contributed by atoms with E-state index in [4.69, 9.17) is 0 Å². The van der Waals surface area contributed by atoms with E-state index in [0.717, 1.165) is 42.7 Å². The quantitative estimate of drug-likeness (QED) is 0.848. The fourth-order valence-electron chi connectivity index (χ4n) is 5.34. The first kappa shape index (κ1) is 13.4. The summed E-state index contributed by atoms with van der Waals surface area (Å²) >= 11 is 0. The van der Waals surface area contributed by atoms with Gasteiger partial charge in [0.25, 0.3) is 0 Å². The highest BCUT2D eigenvalue weighted by molar-refractivity contribution is 5.95. The zero-order chi connectivity index (χ0) is 14.4. The largest absolute Gasteiger partial charge is 0.326 e. The molecule has 1 N–H and O–H groups in total. The first-order chi connectivity index (χ1) is 10.1. The molecule has 4 saturated carbocycles. The van der Waals surface area contributed by atoms with E-state index in [0.29, 0.717) is 5.91 Å². The molecule has 2 heteroatoms. The fourth-order valence-corrected chi connectivity index (χ4v) is 5.34. The molecule has 112 valence electrons. The monoisotopic (exact) mass is 283 g/mol. The van der Waals surface area contributed by atoms with Crippen molar-refractivity contribution in [1.82, 2.24) is 0 Å². The van der Waals surface area contributed by atoms with Crippen molar-refractivity contribution in [3.05, 3.63) is 29.8 Å². The number of hydrogen-bond acceptors (Lipinski definition) is 1. The van der Waals surface area contributed by atoms with Crippen LogP contribution < -0.4 is 5.32 Å². The third kappa shape index (κ3) is 2.39. The van der Waals surface area contributed by atoms with Gasteiger partial charge in [-0.05, 0) is 81.8 Å². The highest BCUT2D eigenvalue weighted by Gasteiger charge is 2.51. The average molecular weight is 283 g/mol. The number of anilines is 1. The Bertz CT molecular complexity index is 533. The number of rotatable bonds is 2. The smallest absolute Gasteiger partial charge is 0.230 e. The lowest BCUT2D eigenvalue weighted by molar-refractivity contribution is -0.130. The number of nitrogens with one attached hydrogen (secondary N) is 1. The van der Waals surface area contributed by atoms with Gasteiger partial charge in [0.15, 0.2) is 0 Å². The van der Waals surface area contributed by atoms with Crippen LogP contribution in [0.1, 0.15) is 50.5 Å². The van der Waals surface area contributed by atoms with Crippen LogP contribution in [0.15, 0.2) is 24.3 Å². The summed E-state index contributed by atoms with van der Waals surface area (Å²) in [6, 6.07) is 8.20. The van der Waals surface area contributed by atoms with Crippen LogP contribution in [-0.2, 0) is 4.79 Å². The minimum Gasteiger partial charge on any atom is -0.326 e. The number of aryl methyl sites for hydroxylation is 1. The minimum absolute atomic E-state index is 0.0658. The van der Waals surface area contributed by atoms with Crippen LogP contribution >= 0.6 is 0 Å². The van der Waals surface area contributed by atoms with Crippen molar-refractivity contribution in [2.45, 2.75) is 51.9 Å². The summed E-state index contributed by atoms with van der Waals surface area (Å²) in [5.41, 5.74) is 2.13. The maximum atomic E-state index is 13.0. The molecule has 4 fully saturated rings. The summed E-state index contributed by atoms with van der Waals surface area (Å²) in [6.45, 7) is 2.08. The maximum Gasteiger partial charge on any atom is 0.230 e. The van der Waals surface area contributed by atoms with Gasteiger partial charge in [-0.15, -0.1) is 0 Å². The molecular weight excluding hydrogens is 258 g/mol. The Kier molecular flexibility index (Phi) is 3.09. The van der Waals surface area contributed by atoms with Crippen molar-refractivity contribution >= 4 is 11.6 Å². The topological polar surface area (TPSA) is 29.1 Å². The molecule has 1 aromatic carbocycles. The SMILES string of the molecule is Cc1ccc(NC(=O)C23CCC4CC(CC(C4)C2)C3)cc1. The third-order valence-corrected chi connectivity index (χ3v) is 6.18. The Balaban J connectivity index is 1.56. The predicted octanol–water partition coefficient (Wildman–Crippen LogP) is 4.54. The van der Waals surface area contributed by atoms with E-state index in [-0.39, 0.29) is 5.41 Å². The van der Waals surface area contributed by atoms with Gasteiger partial charge < -0.3 is 5.32 Å². The Labute approximate surface area is 127 Å². The number of benzene rings is 1. The van der Waals surface area contributed by atoms with Crippen molar-refractivity contribution < 1.29 is 4.79 Å². The molecule has 4 bridgehead atoms. The molecule has 0 saturated heterocycles. The molecule has 5 rings (SSSR count). The summed E-state index contributed by atoms with van der Waals surface area (Å²) in [5.74, 6) is 2.83. The van der Waals surface area contributed by atoms with E-state index < -0.39 is 0 Å². The second kappa shape index (κ2) is 4.86. The third-order valence-electron chi connectivity index (χ3n) is 6.18. The van der Waals surface area contributed by atoms with E-state index in [9.17, 15) is 4.79 Å². The number of carbonyl (C=O) groups is 1. The van der Waals surface area contributed by atoms with Gasteiger partial charge in [0.2, 0.25) is 5.91 Å². The Morgan fingerprint density at radius 1 is 1.05 bits per heavy atom. The molecule has 0 spiro atoms. The summed E-state index contributed by atoms with van der Waals surface area (Å²) in [4.78, 5) is 13.0. The molecule has 0 aliphatic heterocycles. The molecule has 1 aromatic rings. The highest BCUT2D eigenvalue weighted by atomic mass is 16.2. The molecule has 2 atom stereocenters. The van der Waals surface area contributed by atoms with E-state index in [1.807, 2.05) is 12.1 Å². The Hall–Kier alpha value is -1.31. The van der Waals surface area contributed by atoms with Crippen LogP contribution in [0.2, 0.25) is 0 Å². The number of fused-ring (bicyclic) bond motifs is 1.